The summed E-state index contributed by atoms with van der Waals surface area (Å²) in [5, 5.41) is 10.6. The third kappa shape index (κ3) is 62.8. The fourth-order valence-electron chi connectivity index (χ4n) is 10.5. The van der Waals surface area contributed by atoms with E-state index in [4.69, 9.17) is 37.0 Å². The Hall–Kier alpha value is -1.94. The highest BCUT2D eigenvalue weighted by atomic mass is 31.2. The number of esters is 4. The molecule has 0 amide bonds. The van der Waals surface area contributed by atoms with Gasteiger partial charge in [-0.3, -0.25) is 37.3 Å². The summed E-state index contributed by atoms with van der Waals surface area (Å²) in [5.74, 6) is -1.42. The second-order valence-corrected chi connectivity index (χ2v) is 28.3. The van der Waals surface area contributed by atoms with E-state index in [1.165, 1.54) is 173 Å². The summed E-state index contributed by atoms with van der Waals surface area (Å²) in [7, 11) is -9.89. The van der Waals surface area contributed by atoms with Crippen molar-refractivity contribution in [3.63, 3.8) is 0 Å². The van der Waals surface area contributed by atoms with Crippen LogP contribution in [-0.4, -0.2) is 96.7 Å². The van der Waals surface area contributed by atoms with Gasteiger partial charge in [0.2, 0.25) is 0 Å². The quantitative estimate of drug-likeness (QED) is 0.0222. The van der Waals surface area contributed by atoms with Gasteiger partial charge in [0, 0.05) is 25.7 Å². The maximum Gasteiger partial charge on any atom is 0.472 e. The average Bonchev–Trinajstić information content (AvgIpc) is 3.64. The van der Waals surface area contributed by atoms with Gasteiger partial charge in [0.1, 0.15) is 19.3 Å². The molecular weight excluding hydrogens is 1160 g/mol. The van der Waals surface area contributed by atoms with Crippen LogP contribution in [0.1, 0.15) is 356 Å². The number of carbonyl (C=O) groups excluding carboxylic acids is 4. The smallest absolute Gasteiger partial charge is 0.462 e. The van der Waals surface area contributed by atoms with Crippen molar-refractivity contribution in [1.82, 2.24) is 0 Å². The SMILES string of the molecule is CCCCCCCCCCCCCCCCCCCCCCC(=O)O[C@H](COC(=O)CCCCCCCCCC(C)C)COP(=O)(O)OC[C@@H](O)COP(=O)(O)OC[C@@H](COC(=O)CCCCCCCCCCC)OC(=O)CCCCCCCCCCC. The van der Waals surface area contributed by atoms with Crippen molar-refractivity contribution in [3.8, 4) is 0 Å². The Morgan fingerprint density at radius 1 is 0.307 bits per heavy atom. The third-order valence-electron chi connectivity index (χ3n) is 16.0. The van der Waals surface area contributed by atoms with Gasteiger partial charge in [-0.05, 0) is 31.6 Å². The Bertz CT molecular complexity index is 1700. The Balaban J connectivity index is 5.14. The fraction of sp³-hybridized carbons (Fsp3) is 0.942. The fourth-order valence-corrected chi connectivity index (χ4v) is 12.0. The summed E-state index contributed by atoms with van der Waals surface area (Å²) >= 11 is 0. The molecule has 0 saturated heterocycles. The number of aliphatic hydroxyl groups excluding tert-OH is 1. The van der Waals surface area contributed by atoms with Gasteiger partial charge in [-0.25, -0.2) is 9.13 Å². The first-order chi connectivity index (χ1) is 42.5. The second-order valence-electron chi connectivity index (χ2n) is 25.4. The molecule has 0 fully saturated rings. The van der Waals surface area contributed by atoms with Crippen molar-refractivity contribution in [2.45, 2.75) is 374 Å². The molecule has 0 aliphatic heterocycles. The molecule has 5 atom stereocenters. The summed E-state index contributed by atoms with van der Waals surface area (Å²) in [4.78, 5) is 72.3. The molecular formula is C69H134O17P2. The number of hydrogen-bond acceptors (Lipinski definition) is 15. The zero-order chi connectivity index (χ0) is 64.9. The number of phosphoric acid groups is 2. The number of unbranched alkanes of at least 4 members (excludes halogenated alkanes) is 41. The topological polar surface area (TPSA) is 237 Å². The molecule has 0 bridgehead atoms. The van der Waals surface area contributed by atoms with E-state index in [1.807, 2.05) is 0 Å². The van der Waals surface area contributed by atoms with Crippen molar-refractivity contribution >= 4 is 39.5 Å². The molecule has 17 nitrogen and oxygen atoms in total. The minimum atomic E-state index is -4.95. The summed E-state index contributed by atoms with van der Waals surface area (Å²) in [6.07, 6.45) is 48.8. The van der Waals surface area contributed by atoms with Crippen LogP contribution in [0, 0.1) is 5.92 Å². The number of aliphatic hydroxyl groups is 1. The summed E-state index contributed by atoms with van der Waals surface area (Å²) in [6.45, 7) is 7.15. The Kier molecular flexibility index (Phi) is 61.1. The molecule has 19 heteroatoms. The lowest BCUT2D eigenvalue weighted by molar-refractivity contribution is -0.161. The lowest BCUT2D eigenvalue weighted by Crippen LogP contribution is -2.30. The van der Waals surface area contributed by atoms with Gasteiger partial charge in [0.25, 0.3) is 0 Å². The first kappa shape index (κ1) is 86.1. The van der Waals surface area contributed by atoms with E-state index in [1.54, 1.807) is 0 Å². The average molecular weight is 1300 g/mol. The second kappa shape index (κ2) is 62.5. The Morgan fingerprint density at radius 3 is 0.773 bits per heavy atom. The lowest BCUT2D eigenvalue weighted by atomic mass is 10.0. The van der Waals surface area contributed by atoms with Gasteiger partial charge in [0.15, 0.2) is 12.2 Å². The molecule has 0 aromatic heterocycles. The molecule has 0 aromatic rings. The summed E-state index contributed by atoms with van der Waals surface area (Å²) in [6, 6.07) is 0. The van der Waals surface area contributed by atoms with Crippen LogP contribution in [-0.2, 0) is 65.4 Å². The normalized spacial score (nSPS) is 14.1. The van der Waals surface area contributed by atoms with E-state index >= 15 is 0 Å². The zero-order valence-corrected chi connectivity index (χ0v) is 58.6. The van der Waals surface area contributed by atoms with Crippen molar-refractivity contribution in [1.29, 1.82) is 0 Å². The van der Waals surface area contributed by atoms with E-state index < -0.39 is 97.5 Å². The number of rotatable bonds is 69. The van der Waals surface area contributed by atoms with Gasteiger partial charge < -0.3 is 33.8 Å². The molecule has 0 saturated carbocycles. The lowest BCUT2D eigenvalue weighted by Gasteiger charge is -2.21. The van der Waals surface area contributed by atoms with Gasteiger partial charge in [-0.1, -0.05) is 304 Å². The van der Waals surface area contributed by atoms with E-state index in [0.717, 1.165) is 96.3 Å². The molecule has 2 unspecified atom stereocenters. The number of carbonyl (C=O) groups is 4. The highest BCUT2D eigenvalue weighted by Gasteiger charge is 2.30. The van der Waals surface area contributed by atoms with Gasteiger partial charge >= 0.3 is 39.5 Å². The molecule has 522 valence electrons. The minimum Gasteiger partial charge on any atom is -0.462 e. The van der Waals surface area contributed by atoms with Crippen LogP contribution >= 0.6 is 15.6 Å². The number of hydrogen-bond donors (Lipinski definition) is 3. The monoisotopic (exact) mass is 1300 g/mol. The number of ether oxygens (including phenoxy) is 4. The van der Waals surface area contributed by atoms with Crippen LogP contribution in [0.15, 0.2) is 0 Å². The minimum absolute atomic E-state index is 0.106. The van der Waals surface area contributed by atoms with E-state index in [9.17, 15) is 43.2 Å². The van der Waals surface area contributed by atoms with Crippen LogP contribution < -0.4 is 0 Å². The molecule has 0 aromatic carbocycles. The van der Waals surface area contributed by atoms with Crippen LogP contribution in [0.2, 0.25) is 0 Å². The third-order valence-corrected chi connectivity index (χ3v) is 17.9. The van der Waals surface area contributed by atoms with Crippen molar-refractivity contribution in [3.05, 3.63) is 0 Å². The first-order valence-corrected chi connectivity index (χ1v) is 39.1. The largest absolute Gasteiger partial charge is 0.472 e. The van der Waals surface area contributed by atoms with Gasteiger partial charge in [0.05, 0.1) is 26.4 Å². The molecule has 0 aliphatic carbocycles. The molecule has 3 N–H and O–H groups in total. The summed E-state index contributed by atoms with van der Waals surface area (Å²) < 4.78 is 68.1. The molecule has 0 heterocycles. The molecule has 0 rings (SSSR count). The van der Waals surface area contributed by atoms with Crippen LogP contribution in [0.4, 0.5) is 0 Å². The van der Waals surface area contributed by atoms with E-state index in [0.29, 0.717) is 31.6 Å². The predicted octanol–water partition coefficient (Wildman–Crippen LogP) is 19.7. The zero-order valence-electron chi connectivity index (χ0n) is 56.9. The molecule has 0 spiro atoms. The molecule has 88 heavy (non-hydrogen) atoms. The van der Waals surface area contributed by atoms with Crippen molar-refractivity contribution < 1.29 is 80.2 Å². The van der Waals surface area contributed by atoms with Gasteiger partial charge in [-0.2, -0.15) is 0 Å². The van der Waals surface area contributed by atoms with E-state index in [-0.39, 0.29) is 25.7 Å². The maximum absolute atomic E-state index is 13.0. The highest BCUT2D eigenvalue weighted by Crippen LogP contribution is 2.45. The standard InChI is InChI=1S/C69H134O17P2/c1-6-9-12-15-18-21-22-23-24-25-26-27-28-29-30-31-34-39-45-50-55-69(74)86-65(59-80-67(72)53-48-43-40-35-36-41-46-51-62(4)5)61-84-88(77,78)82-57-63(70)56-81-87(75,76)83-60-64(85-68(73)54-49-44-38-33-20-17-14-11-8-3)58-79-66(71)52-47-42-37-32-19-16-13-10-7-2/h62-65,70H,6-61H2,1-5H3,(H,75,76)(H,77,78)/t63-,64+,65+/m0/s1. The van der Waals surface area contributed by atoms with Crippen LogP contribution in [0.25, 0.3) is 0 Å². The number of phosphoric ester groups is 2. The Labute approximate surface area is 537 Å². The highest BCUT2D eigenvalue weighted by molar-refractivity contribution is 7.47. The van der Waals surface area contributed by atoms with Crippen molar-refractivity contribution in [2.24, 2.45) is 5.92 Å². The first-order valence-electron chi connectivity index (χ1n) is 36.1. The van der Waals surface area contributed by atoms with Crippen molar-refractivity contribution in [2.75, 3.05) is 39.6 Å². The van der Waals surface area contributed by atoms with Crippen LogP contribution in [0.3, 0.4) is 0 Å². The Morgan fingerprint density at radius 2 is 0.523 bits per heavy atom. The molecule has 0 aliphatic rings. The van der Waals surface area contributed by atoms with E-state index in [2.05, 4.69) is 34.6 Å². The van der Waals surface area contributed by atoms with Crippen LogP contribution in [0.5, 0.6) is 0 Å². The summed E-state index contributed by atoms with van der Waals surface area (Å²) in [5.41, 5.74) is 0. The maximum atomic E-state index is 13.0. The van der Waals surface area contributed by atoms with Gasteiger partial charge in [-0.15, -0.1) is 0 Å². The predicted molar refractivity (Wildman–Crippen MR) is 354 cm³/mol. The molecule has 0 radical (unpaired) electrons.